The number of hydrogen-bond donors (Lipinski definition) is 2. The van der Waals surface area contributed by atoms with E-state index in [1.807, 2.05) is 20.8 Å². The normalized spacial score (nSPS) is 14.0. The number of carbonyl (C=O) groups is 1. The lowest BCUT2D eigenvalue weighted by Crippen LogP contribution is -2.48. The number of hydrogen-bond acceptors (Lipinski definition) is 3. The maximum absolute atomic E-state index is 10.3. The number of carboxylic acids is 1. The van der Waals surface area contributed by atoms with Gasteiger partial charge in [0.25, 0.3) is 0 Å². The van der Waals surface area contributed by atoms with E-state index in [-0.39, 0.29) is 18.0 Å². The van der Waals surface area contributed by atoms with Crippen molar-refractivity contribution in [1.82, 2.24) is 5.32 Å². The first-order valence-corrected chi connectivity index (χ1v) is 4.86. The van der Waals surface area contributed by atoms with E-state index in [0.29, 0.717) is 13.0 Å². The van der Waals surface area contributed by atoms with E-state index in [2.05, 4.69) is 5.32 Å². The topological polar surface area (TPSA) is 58.6 Å². The predicted octanol–water partition coefficient (Wildman–Crippen LogP) is 1.25. The molecule has 0 saturated heterocycles. The van der Waals surface area contributed by atoms with E-state index >= 15 is 0 Å². The number of methoxy groups -OCH3 is 1. The molecule has 14 heavy (non-hydrogen) atoms. The molecule has 0 aliphatic rings. The van der Waals surface area contributed by atoms with Crippen LogP contribution in [-0.4, -0.2) is 36.4 Å². The summed E-state index contributed by atoms with van der Waals surface area (Å²) in [7, 11) is 1.66. The summed E-state index contributed by atoms with van der Waals surface area (Å²) in [4.78, 5) is 10.3. The summed E-state index contributed by atoms with van der Waals surface area (Å²) >= 11 is 0. The molecule has 0 spiro atoms. The smallest absolute Gasteiger partial charge is 0.303 e. The Kier molecular flexibility index (Phi) is 5.72. The first-order valence-electron chi connectivity index (χ1n) is 4.86. The van der Waals surface area contributed by atoms with Gasteiger partial charge in [-0.15, -0.1) is 0 Å². The maximum Gasteiger partial charge on any atom is 0.303 e. The highest BCUT2D eigenvalue weighted by atomic mass is 16.5. The lowest BCUT2D eigenvalue weighted by Gasteiger charge is -2.29. The molecule has 0 aromatic rings. The lowest BCUT2D eigenvalue weighted by molar-refractivity contribution is -0.137. The first kappa shape index (κ1) is 13.4. The Morgan fingerprint density at radius 1 is 1.57 bits per heavy atom. The molecular formula is C10H21NO3. The minimum absolute atomic E-state index is 0.104. The molecule has 0 aliphatic carbocycles. The largest absolute Gasteiger partial charge is 0.481 e. The van der Waals surface area contributed by atoms with Crippen LogP contribution in [0, 0.1) is 0 Å². The van der Waals surface area contributed by atoms with Crippen LogP contribution >= 0.6 is 0 Å². The first-order chi connectivity index (χ1) is 6.37. The zero-order chi connectivity index (χ0) is 11.2. The molecule has 1 unspecified atom stereocenters. The molecule has 0 fully saturated rings. The summed E-state index contributed by atoms with van der Waals surface area (Å²) in [5.74, 6) is -0.747. The van der Waals surface area contributed by atoms with Crippen molar-refractivity contribution >= 4 is 5.97 Å². The SMILES string of the molecule is COCC(C)(C)NC(C)CCC(=O)O. The molecule has 0 amide bonds. The lowest BCUT2D eigenvalue weighted by atomic mass is 10.0. The van der Waals surface area contributed by atoms with Gasteiger partial charge in [0.15, 0.2) is 0 Å². The number of ether oxygens (including phenoxy) is 1. The quantitative estimate of drug-likeness (QED) is 0.654. The van der Waals surface area contributed by atoms with Crippen LogP contribution in [0.15, 0.2) is 0 Å². The van der Waals surface area contributed by atoms with Gasteiger partial charge >= 0.3 is 5.97 Å². The van der Waals surface area contributed by atoms with Crippen molar-refractivity contribution in [2.24, 2.45) is 0 Å². The van der Waals surface area contributed by atoms with Gasteiger partial charge in [-0.25, -0.2) is 0 Å². The van der Waals surface area contributed by atoms with Crippen LogP contribution in [0.3, 0.4) is 0 Å². The van der Waals surface area contributed by atoms with Crippen LogP contribution in [-0.2, 0) is 9.53 Å². The molecule has 0 radical (unpaired) electrons. The summed E-state index contributed by atoms with van der Waals surface area (Å²) in [6, 6.07) is 0.191. The van der Waals surface area contributed by atoms with Crippen molar-refractivity contribution in [2.45, 2.75) is 45.2 Å². The highest BCUT2D eigenvalue weighted by Gasteiger charge is 2.19. The fourth-order valence-electron chi connectivity index (χ4n) is 1.48. The average Bonchev–Trinajstić information content (AvgIpc) is 1.99. The predicted molar refractivity (Wildman–Crippen MR) is 55.4 cm³/mol. The molecule has 0 aromatic carbocycles. The van der Waals surface area contributed by atoms with E-state index < -0.39 is 5.97 Å². The minimum Gasteiger partial charge on any atom is -0.481 e. The van der Waals surface area contributed by atoms with Crippen LogP contribution in [0.25, 0.3) is 0 Å². The Morgan fingerprint density at radius 3 is 2.57 bits per heavy atom. The number of aliphatic carboxylic acids is 1. The highest BCUT2D eigenvalue weighted by molar-refractivity contribution is 5.66. The van der Waals surface area contributed by atoms with Gasteiger partial charge in [-0.3, -0.25) is 4.79 Å². The van der Waals surface area contributed by atoms with Crippen LogP contribution in [0.2, 0.25) is 0 Å². The van der Waals surface area contributed by atoms with Crippen LogP contribution in [0.5, 0.6) is 0 Å². The van der Waals surface area contributed by atoms with E-state index in [1.165, 1.54) is 0 Å². The second kappa shape index (κ2) is 5.98. The third-order valence-electron chi connectivity index (χ3n) is 1.93. The van der Waals surface area contributed by atoms with E-state index in [4.69, 9.17) is 9.84 Å². The Morgan fingerprint density at radius 2 is 2.14 bits per heavy atom. The number of carboxylic acid groups (broad SMARTS) is 1. The van der Waals surface area contributed by atoms with Gasteiger partial charge in [-0.1, -0.05) is 0 Å². The van der Waals surface area contributed by atoms with Gasteiger partial charge in [0.1, 0.15) is 0 Å². The second-order valence-corrected chi connectivity index (χ2v) is 4.29. The zero-order valence-corrected chi connectivity index (χ0v) is 9.46. The summed E-state index contributed by atoms with van der Waals surface area (Å²) in [6.45, 7) is 6.67. The summed E-state index contributed by atoms with van der Waals surface area (Å²) in [6.07, 6.45) is 0.847. The number of rotatable bonds is 7. The average molecular weight is 203 g/mol. The minimum atomic E-state index is -0.747. The standard InChI is InChI=1S/C10H21NO3/c1-8(5-6-9(12)13)11-10(2,3)7-14-4/h8,11H,5-7H2,1-4H3,(H,12,13). The van der Waals surface area contributed by atoms with E-state index in [1.54, 1.807) is 7.11 Å². The molecule has 0 aromatic heterocycles. The van der Waals surface area contributed by atoms with Crippen molar-refractivity contribution in [1.29, 1.82) is 0 Å². The van der Waals surface area contributed by atoms with Gasteiger partial charge < -0.3 is 15.2 Å². The van der Waals surface area contributed by atoms with Crippen molar-refractivity contribution < 1.29 is 14.6 Å². The molecule has 0 saturated carbocycles. The Labute approximate surface area is 85.6 Å². The van der Waals surface area contributed by atoms with Gasteiger partial charge in [-0.2, -0.15) is 0 Å². The van der Waals surface area contributed by atoms with E-state index in [9.17, 15) is 4.79 Å². The summed E-state index contributed by atoms with van der Waals surface area (Å²) in [5, 5.41) is 11.8. The fraction of sp³-hybridized carbons (Fsp3) is 0.900. The zero-order valence-electron chi connectivity index (χ0n) is 9.46. The van der Waals surface area contributed by atoms with Gasteiger partial charge in [0, 0.05) is 25.1 Å². The molecule has 0 aliphatic heterocycles. The molecule has 0 heterocycles. The molecule has 1 atom stereocenters. The molecule has 2 N–H and O–H groups in total. The van der Waals surface area contributed by atoms with Crippen molar-refractivity contribution in [3.63, 3.8) is 0 Å². The molecular weight excluding hydrogens is 182 g/mol. The summed E-state index contributed by atoms with van der Waals surface area (Å²) < 4.78 is 5.05. The molecule has 84 valence electrons. The maximum atomic E-state index is 10.3. The van der Waals surface area contributed by atoms with Crippen molar-refractivity contribution in [3.05, 3.63) is 0 Å². The number of nitrogens with one attached hydrogen (secondary N) is 1. The summed E-state index contributed by atoms with van der Waals surface area (Å²) in [5.41, 5.74) is -0.104. The fourth-order valence-corrected chi connectivity index (χ4v) is 1.48. The Bertz CT molecular complexity index is 180. The molecule has 0 rings (SSSR count). The van der Waals surface area contributed by atoms with Crippen LogP contribution in [0.1, 0.15) is 33.6 Å². The monoisotopic (exact) mass is 203 g/mol. The van der Waals surface area contributed by atoms with Gasteiger partial charge in [0.2, 0.25) is 0 Å². The Balaban J connectivity index is 3.80. The van der Waals surface area contributed by atoms with E-state index in [0.717, 1.165) is 0 Å². The third-order valence-corrected chi connectivity index (χ3v) is 1.93. The Hall–Kier alpha value is -0.610. The molecule has 4 heteroatoms. The highest BCUT2D eigenvalue weighted by Crippen LogP contribution is 2.06. The molecule has 0 bridgehead atoms. The molecule has 4 nitrogen and oxygen atoms in total. The van der Waals surface area contributed by atoms with Gasteiger partial charge in [-0.05, 0) is 27.2 Å². The van der Waals surface area contributed by atoms with Gasteiger partial charge in [0.05, 0.1) is 6.61 Å². The van der Waals surface area contributed by atoms with Crippen molar-refractivity contribution in [3.8, 4) is 0 Å². The van der Waals surface area contributed by atoms with Crippen LogP contribution in [0.4, 0.5) is 0 Å². The van der Waals surface area contributed by atoms with Crippen molar-refractivity contribution in [2.75, 3.05) is 13.7 Å². The second-order valence-electron chi connectivity index (χ2n) is 4.29. The third kappa shape index (κ3) is 6.86. The van der Waals surface area contributed by atoms with Crippen LogP contribution < -0.4 is 5.32 Å².